The van der Waals surface area contributed by atoms with Crippen molar-refractivity contribution in [3.63, 3.8) is 0 Å². The normalized spacial score (nSPS) is 8.44. The van der Waals surface area contributed by atoms with Crippen molar-refractivity contribution in [2.45, 2.75) is 0 Å². The van der Waals surface area contributed by atoms with Crippen LogP contribution in [0.5, 0.6) is 0 Å². The Bertz CT molecular complexity index is 333. The summed E-state index contributed by atoms with van der Waals surface area (Å²) in [5.74, 6) is -1.90. The fraction of sp³-hybridized carbons (Fsp3) is 0.375. The number of nitrogens with zero attached hydrogens (tertiary/aromatic N) is 1. The van der Waals surface area contributed by atoms with E-state index in [9.17, 15) is 19.2 Å². The first-order valence-electron chi connectivity index (χ1n) is 4.23. The Morgan fingerprint density at radius 3 is 2.19 bits per heavy atom. The Labute approximate surface area is 91.0 Å². The van der Waals surface area contributed by atoms with Gasteiger partial charge in [0.2, 0.25) is 18.2 Å². The van der Waals surface area contributed by atoms with Crippen LogP contribution < -0.4 is 16.0 Å². The van der Waals surface area contributed by atoms with E-state index < -0.39 is 24.1 Å². The molecule has 0 heterocycles. The molecule has 0 aromatic carbocycles. The van der Waals surface area contributed by atoms with Gasteiger partial charge in [-0.3, -0.25) is 19.2 Å². The van der Waals surface area contributed by atoms with Gasteiger partial charge in [-0.25, -0.2) is 0 Å². The van der Waals surface area contributed by atoms with E-state index in [2.05, 4.69) is 16.0 Å². The summed E-state index contributed by atoms with van der Waals surface area (Å²) in [4.78, 5) is 42.1. The average molecular weight is 226 g/mol. The van der Waals surface area contributed by atoms with Gasteiger partial charge in [0.25, 0.3) is 5.78 Å². The Balaban J connectivity index is 3.65. The highest BCUT2D eigenvalue weighted by molar-refractivity contribution is 5.97. The molecule has 0 aromatic rings. The first kappa shape index (κ1) is 13.6. The van der Waals surface area contributed by atoms with Gasteiger partial charge >= 0.3 is 0 Å². The van der Waals surface area contributed by atoms with E-state index in [1.165, 1.54) is 6.07 Å². The Kier molecular flexibility index (Phi) is 6.72. The van der Waals surface area contributed by atoms with E-state index in [4.69, 9.17) is 5.26 Å². The third-order valence-corrected chi connectivity index (χ3v) is 1.36. The maximum atomic E-state index is 11.0. The zero-order valence-corrected chi connectivity index (χ0v) is 8.28. The molecule has 86 valence electrons. The second-order valence-electron chi connectivity index (χ2n) is 2.59. The minimum absolute atomic E-state index is 0.228. The fourth-order valence-corrected chi connectivity index (χ4v) is 0.657. The number of carbonyl (C=O) groups excluding carboxylic acids is 4. The summed E-state index contributed by atoms with van der Waals surface area (Å²) in [6.07, 6.45) is 0.352. The van der Waals surface area contributed by atoms with Crippen molar-refractivity contribution in [2.24, 2.45) is 0 Å². The highest BCUT2D eigenvalue weighted by Gasteiger charge is 2.06. The van der Waals surface area contributed by atoms with Crippen LogP contribution in [0.4, 0.5) is 0 Å². The number of carbonyl (C=O) groups is 4. The number of hydrogen-bond acceptors (Lipinski definition) is 5. The van der Waals surface area contributed by atoms with Gasteiger partial charge in [-0.15, -0.1) is 0 Å². The molecule has 0 fully saturated rings. The topological polar surface area (TPSA) is 128 Å². The molecule has 0 saturated carbocycles. The smallest absolute Gasteiger partial charge is 0.250 e. The summed E-state index contributed by atoms with van der Waals surface area (Å²) in [7, 11) is 0. The zero-order chi connectivity index (χ0) is 12.4. The van der Waals surface area contributed by atoms with Crippen molar-refractivity contribution in [3.8, 4) is 6.07 Å². The quantitative estimate of drug-likeness (QED) is 0.316. The average Bonchev–Trinajstić information content (AvgIpc) is 2.30. The van der Waals surface area contributed by atoms with Crippen molar-refractivity contribution >= 4 is 24.0 Å². The van der Waals surface area contributed by atoms with Crippen LogP contribution >= 0.6 is 0 Å². The lowest BCUT2D eigenvalue weighted by atomic mass is 10.4. The van der Waals surface area contributed by atoms with Crippen molar-refractivity contribution in [3.05, 3.63) is 0 Å². The molecule has 0 atom stereocenters. The molecule has 0 aliphatic heterocycles. The number of ketones is 1. The Hall–Kier alpha value is -2.43. The molecule has 0 aliphatic rings. The van der Waals surface area contributed by atoms with E-state index in [0.717, 1.165) is 0 Å². The highest BCUT2D eigenvalue weighted by atomic mass is 16.2. The van der Waals surface area contributed by atoms with Crippen LogP contribution in [-0.4, -0.2) is 43.6 Å². The van der Waals surface area contributed by atoms with E-state index in [1.807, 2.05) is 0 Å². The minimum atomic E-state index is -0.776. The van der Waals surface area contributed by atoms with E-state index in [1.54, 1.807) is 0 Å². The summed E-state index contributed by atoms with van der Waals surface area (Å²) in [5, 5.41) is 14.5. The molecule has 0 unspecified atom stereocenters. The maximum Gasteiger partial charge on any atom is 0.250 e. The van der Waals surface area contributed by atoms with Crippen LogP contribution in [0, 0.1) is 11.3 Å². The van der Waals surface area contributed by atoms with Crippen LogP contribution in [0.3, 0.4) is 0 Å². The monoisotopic (exact) mass is 226 g/mol. The largest absolute Gasteiger partial charge is 0.350 e. The number of hydrogen-bond donors (Lipinski definition) is 3. The predicted molar refractivity (Wildman–Crippen MR) is 50.7 cm³/mol. The Morgan fingerprint density at radius 2 is 1.62 bits per heavy atom. The Morgan fingerprint density at radius 1 is 1.06 bits per heavy atom. The lowest BCUT2D eigenvalue weighted by Gasteiger charge is -2.04. The molecule has 0 bridgehead atoms. The number of nitrogens with one attached hydrogen (secondary N) is 3. The van der Waals surface area contributed by atoms with Gasteiger partial charge in [0.05, 0.1) is 19.6 Å². The molecule has 8 heteroatoms. The second kappa shape index (κ2) is 7.93. The number of Topliss-reactive ketones (excluding diaryl/α,β-unsaturated/α-hetero) is 1. The molecule has 0 rings (SSSR count). The number of rotatable bonds is 7. The van der Waals surface area contributed by atoms with E-state index >= 15 is 0 Å². The number of amides is 3. The summed E-state index contributed by atoms with van der Waals surface area (Å²) in [6, 6.07) is 1.32. The summed E-state index contributed by atoms with van der Waals surface area (Å²) in [6.45, 7) is -0.941. The van der Waals surface area contributed by atoms with Gasteiger partial charge in [-0.2, -0.15) is 5.26 Å². The van der Waals surface area contributed by atoms with E-state index in [-0.39, 0.29) is 13.1 Å². The molecule has 0 radical (unpaired) electrons. The van der Waals surface area contributed by atoms with Crippen LogP contribution in [0.2, 0.25) is 0 Å². The highest BCUT2D eigenvalue weighted by Crippen LogP contribution is 1.69. The van der Waals surface area contributed by atoms with Gasteiger partial charge < -0.3 is 16.0 Å². The number of nitriles is 1. The lowest BCUT2D eigenvalue weighted by Crippen LogP contribution is -2.41. The molecule has 0 saturated heterocycles. The SMILES string of the molecule is N#CC(=O)CNC(=O)CNC(=O)CNC=O. The summed E-state index contributed by atoms with van der Waals surface area (Å²) in [5.41, 5.74) is 0. The van der Waals surface area contributed by atoms with Gasteiger partial charge in [0, 0.05) is 0 Å². The zero-order valence-electron chi connectivity index (χ0n) is 8.28. The molecule has 0 aromatic heterocycles. The van der Waals surface area contributed by atoms with Gasteiger partial charge in [0.15, 0.2) is 0 Å². The first-order chi connectivity index (χ1) is 7.60. The summed E-state index contributed by atoms with van der Waals surface area (Å²) < 4.78 is 0. The molecule has 0 aliphatic carbocycles. The molecular formula is C8H10N4O4. The third kappa shape index (κ3) is 7.02. The lowest BCUT2D eigenvalue weighted by molar-refractivity contribution is -0.126. The fourth-order valence-electron chi connectivity index (χ4n) is 0.657. The molecule has 0 spiro atoms. The first-order valence-corrected chi connectivity index (χ1v) is 4.23. The molecule has 8 nitrogen and oxygen atoms in total. The van der Waals surface area contributed by atoms with Crippen LogP contribution in [0.1, 0.15) is 0 Å². The van der Waals surface area contributed by atoms with Gasteiger partial charge in [-0.05, 0) is 0 Å². The molecule has 3 N–H and O–H groups in total. The standard InChI is InChI=1S/C8H10N4O4/c9-1-6(14)2-11-8(16)4-12-7(15)3-10-5-13/h5H,2-4H2,(H,10,13)(H,11,16)(H,12,15). The van der Waals surface area contributed by atoms with Crippen LogP contribution in [0.15, 0.2) is 0 Å². The van der Waals surface area contributed by atoms with Crippen molar-refractivity contribution in [1.82, 2.24) is 16.0 Å². The summed E-state index contributed by atoms with van der Waals surface area (Å²) >= 11 is 0. The predicted octanol–water partition coefficient (Wildman–Crippen LogP) is -2.94. The van der Waals surface area contributed by atoms with Crippen LogP contribution in [-0.2, 0) is 19.2 Å². The third-order valence-electron chi connectivity index (χ3n) is 1.36. The van der Waals surface area contributed by atoms with Crippen molar-refractivity contribution in [2.75, 3.05) is 19.6 Å². The van der Waals surface area contributed by atoms with Gasteiger partial charge in [-0.1, -0.05) is 0 Å². The van der Waals surface area contributed by atoms with Crippen molar-refractivity contribution < 1.29 is 19.2 Å². The molecule has 3 amide bonds. The van der Waals surface area contributed by atoms with E-state index in [0.29, 0.717) is 6.41 Å². The maximum absolute atomic E-state index is 11.0. The molecule has 16 heavy (non-hydrogen) atoms. The van der Waals surface area contributed by atoms with Crippen molar-refractivity contribution in [1.29, 1.82) is 5.26 Å². The minimum Gasteiger partial charge on any atom is -0.350 e. The molecular weight excluding hydrogens is 216 g/mol. The van der Waals surface area contributed by atoms with Crippen LogP contribution in [0.25, 0.3) is 0 Å². The van der Waals surface area contributed by atoms with Gasteiger partial charge in [0.1, 0.15) is 6.07 Å². The second-order valence-corrected chi connectivity index (χ2v) is 2.59.